The number of nitrogens with two attached hydrogens (primary N) is 1. The van der Waals surface area contributed by atoms with Crippen molar-refractivity contribution in [2.75, 3.05) is 33.7 Å². The molecule has 230 valence electrons. The van der Waals surface area contributed by atoms with Gasteiger partial charge in [0.1, 0.15) is 0 Å². The van der Waals surface area contributed by atoms with Crippen LogP contribution in [-0.4, -0.2) is 56.8 Å². The Kier molecular flexibility index (Phi) is 15.6. The maximum atomic E-state index is 13.1. The molecule has 0 aliphatic rings. The Morgan fingerprint density at radius 3 is 2.22 bits per heavy atom. The van der Waals surface area contributed by atoms with E-state index in [1.807, 2.05) is 44.4 Å². The van der Waals surface area contributed by atoms with Crippen LogP contribution in [0, 0.1) is 23.7 Å². The predicted octanol–water partition coefficient (Wildman–Crippen LogP) is 5.70. The van der Waals surface area contributed by atoms with E-state index in [-0.39, 0.29) is 23.7 Å². The number of hydrogen-bond acceptors (Lipinski definition) is 7. The monoisotopic (exact) mass is 588 g/mol. The summed E-state index contributed by atoms with van der Waals surface area (Å²) in [6, 6.07) is 13.8. The molecule has 2 aromatic rings. The third kappa shape index (κ3) is 11.9. The number of amides is 1. The lowest BCUT2D eigenvalue weighted by Gasteiger charge is -2.30. The number of carbonyl (C=O) groups is 1. The molecule has 0 radical (unpaired) electrons. The van der Waals surface area contributed by atoms with Crippen LogP contribution in [-0.2, 0) is 22.5 Å². The number of hydrogen-bond donors (Lipinski definition) is 3. The van der Waals surface area contributed by atoms with E-state index in [1.165, 1.54) is 4.90 Å². The largest absolute Gasteiger partial charge is 0.493 e. The number of methoxy groups -OCH3 is 2. The SMILES string of the molecule is COCCCOc1cc(C[C@@H](C[C@H](N)[C@@H](O)C[C@H](C(=O)NCc2ccc(SC)cc2)C(C)C)C(C)C)ccc1OC. The van der Waals surface area contributed by atoms with Gasteiger partial charge in [0.2, 0.25) is 5.91 Å². The Morgan fingerprint density at radius 2 is 1.63 bits per heavy atom. The number of rotatable bonds is 19. The van der Waals surface area contributed by atoms with Gasteiger partial charge in [-0.1, -0.05) is 45.9 Å². The Labute approximate surface area is 251 Å². The first-order chi connectivity index (χ1) is 19.6. The van der Waals surface area contributed by atoms with E-state index in [1.54, 1.807) is 26.0 Å². The summed E-state index contributed by atoms with van der Waals surface area (Å²) in [6.07, 6.45) is 3.86. The van der Waals surface area contributed by atoms with Gasteiger partial charge in [-0.15, -0.1) is 11.8 Å². The molecule has 4 N–H and O–H groups in total. The highest BCUT2D eigenvalue weighted by molar-refractivity contribution is 7.98. The Hall–Kier alpha value is -2.26. The van der Waals surface area contributed by atoms with Gasteiger partial charge in [-0.3, -0.25) is 4.79 Å². The first-order valence-electron chi connectivity index (χ1n) is 14.7. The third-order valence-corrected chi connectivity index (χ3v) is 8.49. The molecule has 0 saturated heterocycles. The fraction of sp³-hybridized carbons (Fsp3) is 0.606. The van der Waals surface area contributed by atoms with Gasteiger partial charge in [0.25, 0.3) is 0 Å². The van der Waals surface area contributed by atoms with Crippen molar-refractivity contribution in [1.82, 2.24) is 5.32 Å². The topological polar surface area (TPSA) is 103 Å². The zero-order valence-corrected chi connectivity index (χ0v) is 26.8. The van der Waals surface area contributed by atoms with Crippen molar-refractivity contribution < 1.29 is 24.1 Å². The zero-order chi connectivity index (χ0) is 30.4. The average Bonchev–Trinajstić information content (AvgIpc) is 2.96. The second kappa shape index (κ2) is 18.3. The molecule has 0 aromatic heterocycles. The minimum absolute atomic E-state index is 0.0446. The summed E-state index contributed by atoms with van der Waals surface area (Å²) < 4.78 is 16.6. The fourth-order valence-electron chi connectivity index (χ4n) is 4.93. The van der Waals surface area contributed by atoms with Crippen LogP contribution in [0.3, 0.4) is 0 Å². The number of aliphatic hydroxyl groups is 1. The van der Waals surface area contributed by atoms with Gasteiger partial charge in [0, 0.05) is 43.5 Å². The molecule has 2 aromatic carbocycles. The first kappa shape index (κ1) is 34.9. The second-order valence-electron chi connectivity index (χ2n) is 11.5. The molecule has 0 bridgehead atoms. The molecule has 0 unspecified atom stereocenters. The van der Waals surface area contributed by atoms with E-state index in [9.17, 15) is 9.90 Å². The second-order valence-corrected chi connectivity index (χ2v) is 12.4. The van der Waals surface area contributed by atoms with Gasteiger partial charge in [-0.25, -0.2) is 0 Å². The van der Waals surface area contributed by atoms with E-state index in [0.29, 0.717) is 44.3 Å². The number of thioether (sulfide) groups is 1. The smallest absolute Gasteiger partial charge is 0.223 e. The summed E-state index contributed by atoms with van der Waals surface area (Å²) in [5.74, 6) is 1.76. The van der Waals surface area contributed by atoms with Gasteiger partial charge in [-0.05, 0) is 78.7 Å². The number of ether oxygens (including phenoxy) is 3. The van der Waals surface area contributed by atoms with E-state index in [4.69, 9.17) is 19.9 Å². The standard InChI is InChI=1S/C33H52N2O5S/c1-22(2)26(17-25-11-14-31(39-6)32(18-25)40-16-8-15-38-5)19-29(34)30(36)20-28(23(3)4)33(37)35-21-24-9-12-27(41-7)13-10-24/h9-14,18,22-23,26,28-30,36H,8,15-17,19-21,34H2,1-7H3,(H,35,37)/t26-,28-,29-,30-/m0/s1. The highest BCUT2D eigenvalue weighted by atomic mass is 32.2. The van der Waals surface area contributed by atoms with E-state index in [2.05, 4.69) is 37.4 Å². The average molecular weight is 589 g/mol. The van der Waals surface area contributed by atoms with Crippen LogP contribution in [0.4, 0.5) is 0 Å². The molecular weight excluding hydrogens is 536 g/mol. The normalized spacial score (nSPS) is 14.5. The Bertz CT molecular complexity index is 1030. The van der Waals surface area contributed by atoms with Gasteiger partial charge in [-0.2, -0.15) is 0 Å². The van der Waals surface area contributed by atoms with Crippen molar-refractivity contribution in [1.29, 1.82) is 0 Å². The van der Waals surface area contributed by atoms with Crippen molar-refractivity contribution in [3.8, 4) is 11.5 Å². The molecule has 8 heteroatoms. The third-order valence-electron chi connectivity index (χ3n) is 7.75. The van der Waals surface area contributed by atoms with Crippen molar-refractivity contribution in [3.63, 3.8) is 0 Å². The summed E-state index contributed by atoms with van der Waals surface area (Å²) in [4.78, 5) is 14.3. The minimum atomic E-state index is -0.772. The first-order valence-corrected chi connectivity index (χ1v) is 15.9. The van der Waals surface area contributed by atoms with Crippen LogP contribution >= 0.6 is 11.8 Å². The molecule has 1 amide bonds. The molecule has 41 heavy (non-hydrogen) atoms. The lowest BCUT2D eigenvalue weighted by atomic mass is 9.81. The summed E-state index contributed by atoms with van der Waals surface area (Å²) in [5.41, 5.74) is 8.77. The Balaban J connectivity index is 2.00. The molecule has 0 aliphatic heterocycles. The molecule has 7 nitrogen and oxygen atoms in total. The van der Waals surface area contributed by atoms with Crippen molar-refractivity contribution >= 4 is 17.7 Å². The molecule has 0 saturated carbocycles. The van der Waals surface area contributed by atoms with Crippen LogP contribution in [0.2, 0.25) is 0 Å². The van der Waals surface area contributed by atoms with Crippen molar-refractivity contribution in [2.45, 2.75) is 77.0 Å². The number of nitrogens with one attached hydrogen (secondary N) is 1. The molecular formula is C33H52N2O5S. The van der Waals surface area contributed by atoms with E-state index < -0.39 is 12.1 Å². The van der Waals surface area contributed by atoms with Crippen LogP contribution in [0.1, 0.15) is 58.1 Å². The number of carbonyl (C=O) groups excluding carboxylic acids is 1. The fourth-order valence-corrected chi connectivity index (χ4v) is 5.34. The lowest BCUT2D eigenvalue weighted by Crippen LogP contribution is -2.42. The van der Waals surface area contributed by atoms with E-state index in [0.717, 1.165) is 29.7 Å². The summed E-state index contributed by atoms with van der Waals surface area (Å²) >= 11 is 1.69. The number of benzene rings is 2. The van der Waals surface area contributed by atoms with E-state index >= 15 is 0 Å². The highest BCUT2D eigenvalue weighted by Gasteiger charge is 2.29. The molecule has 0 spiro atoms. The maximum Gasteiger partial charge on any atom is 0.223 e. The van der Waals surface area contributed by atoms with Crippen molar-refractivity contribution in [2.24, 2.45) is 29.4 Å². The summed E-state index contributed by atoms with van der Waals surface area (Å²) in [6.45, 7) is 10.1. The molecule has 0 aliphatic carbocycles. The van der Waals surface area contributed by atoms with Crippen LogP contribution < -0.4 is 20.5 Å². The van der Waals surface area contributed by atoms with Crippen molar-refractivity contribution in [3.05, 3.63) is 53.6 Å². The van der Waals surface area contributed by atoms with Crippen LogP contribution in [0.25, 0.3) is 0 Å². The minimum Gasteiger partial charge on any atom is -0.493 e. The Morgan fingerprint density at radius 1 is 0.951 bits per heavy atom. The summed E-state index contributed by atoms with van der Waals surface area (Å²) in [5, 5.41) is 14.2. The molecule has 4 atom stereocenters. The predicted molar refractivity (Wildman–Crippen MR) is 169 cm³/mol. The van der Waals surface area contributed by atoms with Crippen LogP contribution in [0.5, 0.6) is 11.5 Å². The van der Waals surface area contributed by atoms with Gasteiger partial charge < -0.3 is 30.4 Å². The van der Waals surface area contributed by atoms with Gasteiger partial charge in [0.15, 0.2) is 11.5 Å². The number of aliphatic hydroxyl groups excluding tert-OH is 1. The molecule has 0 fully saturated rings. The van der Waals surface area contributed by atoms with Gasteiger partial charge in [0.05, 0.1) is 19.8 Å². The highest BCUT2D eigenvalue weighted by Crippen LogP contribution is 2.32. The van der Waals surface area contributed by atoms with Gasteiger partial charge >= 0.3 is 0 Å². The molecule has 2 rings (SSSR count). The quantitative estimate of drug-likeness (QED) is 0.143. The zero-order valence-electron chi connectivity index (χ0n) is 26.0. The summed E-state index contributed by atoms with van der Waals surface area (Å²) in [7, 11) is 3.32. The lowest BCUT2D eigenvalue weighted by molar-refractivity contribution is -0.127. The maximum absolute atomic E-state index is 13.1. The van der Waals surface area contributed by atoms with Crippen LogP contribution in [0.15, 0.2) is 47.4 Å². The molecule has 0 heterocycles.